The molecule has 3 N–H and O–H groups in total. The number of ether oxygens (including phenoxy) is 1. The van der Waals surface area contributed by atoms with E-state index >= 15 is 0 Å². The molecule has 1 aliphatic rings. The second-order valence-electron chi connectivity index (χ2n) is 5.14. The van der Waals surface area contributed by atoms with E-state index in [4.69, 9.17) is 15.7 Å². The van der Waals surface area contributed by atoms with Gasteiger partial charge in [0.1, 0.15) is 0 Å². The van der Waals surface area contributed by atoms with Crippen molar-refractivity contribution in [2.24, 2.45) is 16.8 Å². The van der Waals surface area contributed by atoms with Crippen molar-refractivity contribution >= 4 is 17.4 Å². The largest absolute Gasteiger partial charge is 0.409 e. The van der Waals surface area contributed by atoms with Crippen molar-refractivity contribution < 1.29 is 14.7 Å². The predicted molar refractivity (Wildman–Crippen MR) is 80.5 cm³/mol. The number of benzene rings is 1. The number of nitrogens with two attached hydrogens (primary N) is 1. The second-order valence-corrected chi connectivity index (χ2v) is 5.14. The van der Waals surface area contributed by atoms with Gasteiger partial charge >= 0.3 is 0 Å². The fourth-order valence-electron chi connectivity index (χ4n) is 2.62. The summed E-state index contributed by atoms with van der Waals surface area (Å²) in [4.78, 5) is 14.2. The van der Waals surface area contributed by atoms with Crippen LogP contribution in [0, 0.1) is 5.92 Å². The van der Waals surface area contributed by atoms with Crippen molar-refractivity contribution in [1.82, 2.24) is 0 Å². The van der Waals surface area contributed by atoms with Crippen molar-refractivity contribution in [3.8, 4) is 0 Å². The summed E-state index contributed by atoms with van der Waals surface area (Å²) in [7, 11) is 1.76. The maximum absolute atomic E-state index is 12.5. The highest BCUT2D eigenvalue weighted by atomic mass is 16.5. The Hall–Kier alpha value is -2.08. The molecule has 0 saturated carbocycles. The smallest absolute Gasteiger partial charge is 0.232 e. The maximum atomic E-state index is 12.5. The Morgan fingerprint density at radius 2 is 2.14 bits per heavy atom. The minimum absolute atomic E-state index is 0.0105. The van der Waals surface area contributed by atoms with E-state index < -0.39 is 0 Å². The van der Waals surface area contributed by atoms with Crippen LogP contribution < -0.4 is 10.6 Å². The zero-order chi connectivity index (χ0) is 15.4. The normalized spacial score (nSPS) is 22.3. The summed E-state index contributed by atoms with van der Waals surface area (Å²) in [5, 5.41) is 11.6. The lowest BCUT2D eigenvalue weighted by Gasteiger charge is -2.24. The number of hydrogen-bond donors (Lipinski definition) is 2. The number of carbonyl (C=O) groups excluding carboxylic acids is 1. The summed E-state index contributed by atoms with van der Waals surface area (Å²) in [5.41, 5.74) is 6.90. The zero-order valence-corrected chi connectivity index (χ0v) is 12.3. The molecule has 1 fully saturated rings. The van der Waals surface area contributed by atoms with Crippen molar-refractivity contribution in [2.45, 2.75) is 25.9 Å². The fraction of sp³-hybridized carbons (Fsp3) is 0.467. The van der Waals surface area contributed by atoms with E-state index in [1.165, 1.54) is 0 Å². The second kappa shape index (κ2) is 6.58. The molecule has 6 nitrogen and oxygen atoms in total. The number of amidine groups is 1. The van der Waals surface area contributed by atoms with Gasteiger partial charge in [0, 0.05) is 24.9 Å². The highest BCUT2D eigenvalue weighted by molar-refractivity contribution is 5.98. The molecule has 2 unspecified atom stereocenters. The Kier molecular flexibility index (Phi) is 4.80. The first kappa shape index (κ1) is 15.3. The Bertz CT molecular complexity index is 527. The van der Waals surface area contributed by atoms with Gasteiger partial charge in [0.05, 0.1) is 12.0 Å². The summed E-state index contributed by atoms with van der Waals surface area (Å²) in [6.45, 7) is 2.67. The lowest BCUT2D eigenvalue weighted by atomic mass is 9.98. The number of nitrogens with zero attached hydrogens (tertiary/aromatic N) is 2. The number of hydrogen-bond acceptors (Lipinski definition) is 4. The van der Waals surface area contributed by atoms with E-state index in [1.54, 1.807) is 36.2 Å². The number of anilines is 1. The van der Waals surface area contributed by atoms with E-state index in [-0.39, 0.29) is 23.8 Å². The SMILES string of the molecule is CCC1OCCC1C(=O)N(C)c1ccc(/C(N)=N/O)cc1. The minimum atomic E-state index is -0.0799. The van der Waals surface area contributed by atoms with Gasteiger partial charge in [-0.3, -0.25) is 4.79 Å². The first-order valence-electron chi connectivity index (χ1n) is 7.05. The minimum Gasteiger partial charge on any atom is -0.409 e. The molecule has 1 saturated heterocycles. The molecule has 1 aliphatic heterocycles. The number of oxime groups is 1. The molecule has 21 heavy (non-hydrogen) atoms. The number of carbonyl (C=O) groups is 1. The van der Waals surface area contributed by atoms with E-state index in [0.29, 0.717) is 12.2 Å². The Balaban J connectivity index is 2.12. The van der Waals surface area contributed by atoms with Gasteiger partial charge in [-0.2, -0.15) is 0 Å². The third-order valence-electron chi connectivity index (χ3n) is 3.92. The average molecular weight is 291 g/mol. The molecule has 0 spiro atoms. The Morgan fingerprint density at radius 1 is 1.48 bits per heavy atom. The zero-order valence-electron chi connectivity index (χ0n) is 12.3. The summed E-state index contributed by atoms with van der Waals surface area (Å²) in [6.07, 6.45) is 1.62. The van der Waals surface area contributed by atoms with Crippen LogP contribution >= 0.6 is 0 Å². The Labute approximate surface area is 124 Å². The van der Waals surface area contributed by atoms with E-state index in [2.05, 4.69) is 5.16 Å². The first-order chi connectivity index (χ1) is 10.1. The standard InChI is InChI=1S/C15H21N3O3/c1-3-13-12(8-9-21-13)15(19)18(2)11-6-4-10(5-7-11)14(16)17-20/h4-7,12-13,20H,3,8-9H2,1-2H3,(H2,16,17). The average Bonchev–Trinajstić information content (AvgIpc) is 3.01. The van der Waals surface area contributed by atoms with Crippen LogP contribution in [0.4, 0.5) is 5.69 Å². The van der Waals surface area contributed by atoms with Gasteiger partial charge in [-0.05, 0) is 37.1 Å². The molecule has 1 aromatic rings. The number of amides is 1. The van der Waals surface area contributed by atoms with Gasteiger partial charge in [0.2, 0.25) is 5.91 Å². The van der Waals surface area contributed by atoms with E-state index in [1.807, 2.05) is 6.92 Å². The molecule has 0 bridgehead atoms. The molecule has 1 amide bonds. The van der Waals surface area contributed by atoms with Gasteiger partial charge in [-0.15, -0.1) is 0 Å². The summed E-state index contributed by atoms with van der Waals surface area (Å²) >= 11 is 0. The molecule has 2 rings (SSSR count). The first-order valence-corrected chi connectivity index (χ1v) is 7.05. The summed E-state index contributed by atoms with van der Waals surface area (Å²) in [6, 6.07) is 7.00. The quantitative estimate of drug-likeness (QED) is 0.381. The molecule has 6 heteroatoms. The van der Waals surface area contributed by atoms with Crippen molar-refractivity contribution in [1.29, 1.82) is 0 Å². The molecule has 0 radical (unpaired) electrons. The molecule has 0 aromatic heterocycles. The molecule has 2 atom stereocenters. The fourth-order valence-corrected chi connectivity index (χ4v) is 2.62. The molecular weight excluding hydrogens is 270 g/mol. The topological polar surface area (TPSA) is 88.2 Å². The monoisotopic (exact) mass is 291 g/mol. The molecule has 1 heterocycles. The third kappa shape index (κ3) is 3.16. The summed E-state index contributed by atoms with van der Waals surface area (Å²) in [5.74, 6) is 0.0328. The van der Waals surface area contributed by atoms with Gasteiger partial charge in [0.15, 0.2) is 5.84 Å². The van der Waals surface area contributed by atoms with E-state index in [0.717, 1.165) is 18.5 Å². The van der Waals surface area contributed by atoms with Crippen molar-refractivity contribution in [3.05, 3.63) is 29.8 Å². The van der Waals surface area contributed by atoms with Crippen LogP contribution in [0.3, 0.4) is 0 Å². The highest BCUT2D eigenvalue weighted by Crippen LogP contribution is 2.27. The Morgan fingerprint density at radius 3 is 2.71 bits per heavy atom. The molecular formula is C15H21N3O3. The van der Waals surface area contributed by atoms with Gasteiger partial charge < -0.3 is 20.6 Å². The van der Waals surface area contributed by atoms with Crippen LogP contribution in [-0.2, 0) is 9.53 Å². The molecule has 0 aliphatic carbocycles. The lowest BCUT2D eigenvalue weighted by molar-refractivity contribution is -0.123. The van der Waals surface area contributed by atoms with Gasteiger partial charge in [-0.25, -0.2) is 0 Å². The number of rotatable bonds is 4. The van der Waals surface area contributed by atoms with Crippen LogP contribution in [-0.4, -0.2) is 36.7 Å². The predicted octanol–water partition coefficient (Wildman–Crippen LogP) is 1.56. The van der Waals surface area contributed by atoms with Crippen molar-refractivity contribution in [3.63, 3.8) is 0 Å². The molecule has 114 valence electrons. The van der Waals surface area contributed by atoms with Crippen LogP contribution in [0.5, 0.6) is 0 Å². The van der Waals surface area contributed by atoms with Gasteiger partial charge in [-0.1, -0.05) is 12.1 Å². The van der Waals surface area contributed by atoms with Crippen LogP contribution in [0.1, 0.15) is 25.3 Å². The maximum Gasteiger partial charge on any atom is 0.232 e. The highest BCUT2D eigenvalue weighted by Gasteiger charge is 2.34. The van der Waals surface area contributed by atoms with Crippen LogP contribution in [0.15, 0.2) is 29.4 Å². The van der Waals surface area contributed by atoms with Crippen molar-refractivity contribution in [2.75, 3.05) is 18.6 Å². The molecule has 1 aromatic carbocycles. The third-order valence-corrected chi connectivity index (χ3v) is 3.92. The summed E-state index contributed by atoms with van der Waals surface area (Å²) < 4.78 is 5.58. The van der Waals surface area contributed by atoms with Crippen LogP contribution in [0.25, 0.3) is 0 Å². The van der Waals surface area contributed by atoms with Crippen LogP contribution in [0.2, 0.25) is 0 Å². The lowest BCUT2D eigenvalue weighted by Crippen LogP contribution is -2.36. The van der Waals surface area contributed by atoms with E-state index in [9.17, 15) is 4.79 Å². The van der Waals surface area contributed by atoms with Gasteiger partial charge in [0.25, 0.3) is 0 Å².